The summed E-state index contributed by atoms with van der Waals surface area (Å²) in [6.45, 7) is 0. The van der Waals surface area contributed by atoms with Crippen molar-refractivity contribution in [2.45, 2.75) is 6.04 Å². The second kappa shape index (κ2) is 8.17. The van der Waals surface area contributed by atoms with Gasteiger partial charge in [0.1, 0.15) is 17.4 Å². The van der Waals surface area contributed by atoms with Crippen LogP contribution in [0.1, 0.15) is 17.2 Å². The SMILES string of the molecule is O=C1C(=O)N(c2nc3ccc(F)cc3s2)C(c2ccc(Br)cc2)C1=C(O)c1ccc(F)cc1. The molecule has 1 aliphatic rings. The topological polar surface area (TPSA) is 70.5 Å². The number of amides is 1. The van der Waals surface area contributed by atoms with Crippen molar-refractivity contribution in [1.82, 2.24) is 4.98 Å². The largest absolute Gasteiger partial charge is 0.507 e. The van der Waals surface area contributed by atoms with Gasteiger partial charge in [0.25, 0.3) is 5.78 Å². The number of aromatic nitrogens is 1. The Hall–Kier alpha value is -3.43. The van der Waals surface area contributed by atoms with Crippen molar-refractivity contribution >= 4 is 60.1 Å². The number of ketones is 1. The molecule has 1 atom stereocenters. The predicted octanol–water partition coefficient (Wildman–Crippen LogP) is 5.96. The zero-order chi connectivity index (χ0) is 23.3. The molecule has 33 heavy (non-hydrogen) atoms. The number of fused-ring (bicyclic) bond motifs is 1. The van der Waals surface area contributed by atoms with Crippen molar-refractivity contribution in [3.8, 4) is 0 Å². The third kappa shape index (κ3) is 3.73. The Morgan fingerprint density at radius 2 is 1.64 bits per heavy atom. The number of nitrogens with zero attached hydrogens (tertiary/aromatic N) is 2. The maximum absolute atomic E-state index is 13.7. The average Bonchev–Trinajstić information content (AvgIpc) is 3.32. The summed E-state index contributed by atoms with van der Waals surface area (Å²) in [4.78, 5) is 31.9. The molecule has 1 amide bonds. The second-order valence-electron chi connectivity index (χ2n) is 7.34. The third-order valence-corrected chi connectivity index (χ3v) is 6.84. The molecule has 4 aromatic rings. The van der Waals surface area contributed by atoms with Gasteiger partial charge in [0.15, 0.2) is 5.13 Å². The fourth-order valence-corrected chi connectivity index (χ4v) is 5.02. The van der Waals surface area contributed by atoms with Crippen LogP contribution in [0.15, 0.2) is 76.8 Å². The maximum atomic E-state index is 13.7. The molecule has 0 spiro atoms. The van der Waals surface area contributed by atoms with E-state index in [0.29, 0.717) is 15.8 Å². The van der Waals surface area contributed by atoms with Gasteiger partial charge in [-0.25, -0.2) is 13.8 Å². The molecule has 1 unspecified atom stereocenters. The lowest BCUT2D eigenvalue weighted by atomic mass is 9.95. The highest BCUT2D eigenvalue weighted by molar-refractivity contribution is 9.10. The molecule has 164 valence electrons. The van der Waals surface area contributed by atoms with Crippen LogP contribution >= 0.6 is 27.3 Å². The van der Waals surface area contributed by atoms with Crippen LogP contribution in [0.25, 0.3) is 16.0 Å². The maximum Gasteiger partial charge on any atom is 0.301 e. The lowest BCUT2D eigenvalue weighted by molar-refractivity contribution is -0.132. The second-order valence-corrected chi connectivity index (χ2v) is 9.26. The van der Waals surface area contributed by atoms with E-state index in [4.69, 9.17) is 0 Å². The third-order valence-electron chi connectivity index (χ3n) is 5.29. The number of carbonyl (C=O) groups is 2. The highest BCUT2D eigenvalue weighted by Gasteiger charge is 2.48. The smallest absolute Gasteiger partial charge is 0.301 e. The van der Waals surface area contributed by atoms with Crippen LogP contribution in [-0.2, 0) is 9.59 Å². The highest BCUT2D eigenvalue weighted by Crippen LogP contribution is 2.44. The number of anilines is 1. The molecule has 5 rings (SSSR count). The minimum Gasteiger partial charge on any atom is -0.507 e. The molecule has 2 heterocycles. The Labute approximate surface area is 198 Å². The van der Waals surface area contributed by atoms with Gasteiger partial charge in [-0.15, -0.1) is 0 Å². The molecule has 0 bridgehead atoms. The van der Waals surface area contributed by atoms with E-state index in [-0.39, 0.29) is 16.3 Å². The lowest BCUT2D eigenvalue weighted by Gasteiger charge is -2.23. The monoisotopic (exact) mass is 526 g/mol. The van der Waals surface area contributed by atoms with Crippen LogP contribution < -0.4 is 4.90 Å². The quantitative estimate of drug-likeness (QED) is 0.203. The summed E-state index contributed by atoms with van der Waals surface area (Å²) in [5, 5.41) is 11.2. The summed E-state index contributed by atoms with van der Waals surface area (Å²) >= 11 is 4.43. The Bertz CT molecular complexity index is 1450. The minimum atomic E-state index is -0.978. The first kappa shape index (κ1) is 21.4. The molecule has 0 radical (unpaired) electrons. The van der Waals surface area contributed by atoms with Crippen molar-refractivity contribution in [3.05, 3.63) is 99.5 Å². The molecule has 0 aliphatic carbocycles. The first-order valence-electron chi connectivity index (χ1n) is 9.72. The normalized spacial score (nSPS) is 17.8. The average molecular weight is 527 g/mol. The Kier molecular flexibility index (Phi) is 5.30. The number of hydrogen-bond donors (Lipinski definition) is 1. The molecule has 3 aromatic carbocycles. The molecule has 1 aliphatic heterocycles. The number of rotatable bonds is 3. The van der Waals surface area contributed by atoms with Gasteiger partial charge in [0.2, 0.25) is 0 Å². The van der Waals surface area contributed by atoms with Crippen LogP contribution in [0.4, 0.5) is 13.9 Å². The van der Waals surface area contributed by atoms with E-state index in [2.05, 4.69) is 20.9 Å². The van der Waals surface area contributed by atoms with Gasteiger partial charge in [0.05, 0.1) is 21.8 Å². The van der Waals surface area contributed by atoms with Crippen molar-refractivity contribution in [1.29, 1.82) is 0 Å². The van der Waals surface area contributed by atoms with Gasteiger partial charge in [-0.3, -0.25) is 14.5 Å². The number of benzene rings is 3. The van der Waals surface area contributed by atoms with E-state index in [0.717, 1.165) is 27.9 Å². The van der Waals surface area contributed by atoms with Gasteiger partial charge >= 0.3 is 5.91 Å². The molecular formula is C24H13BrF2N2O3S. The van der Waals surface area contributed by atoms with Crippen molar-refractivity contribution in [2.75, 3.05) is 4.90 Å². The Balaban J connectivity index is 1.73. The van der Waals surface area contributed by atoms with Gasteiger partial charge in [-0.2, -0.15) is 0 Å². The van der Waals surface area contributed by atoms with Gasteiger partial charge in [-0.1, -0.05) is 39.4 Å². The van der Waals surface area contributed by atoms with E-state index >= 15 is 0 Å². The standard InChI is InChI=1S/C24H13BrF2N2O3S/c25-14-5-1-12(2-6-14)20-19(21(30)13-3-7-15(26)8-4-13)22(31)23(32)29(20)24-28-17-10-9-16(27)11-18(17)33-24/h1-11,20,30H. The molecule has 5 nitrogen and oxygen atoms in total. The van der Waals surface area contributed by atoms with Crippen molar-refractivity contribution in [3.63, 3.8) is 0 Å². The van der Waals surface area contributed by atoms with Crippen LogP contribution in [0.5, 0.6) is 0 Å². The van der Waals surface area contributed by atoms with E-state index in [1.807, 2.05) is 0 Å². The van der Waals surface area contributed by atoms with E-state index in [1.165, 1.54) is 35.2 Å². The first-order valence-corrected chi connectivity index (χ1v) is 11.3. The fraction of sp³-hybridized carbons (Fsp3) is 0.0417. The van der Waals surface area contributed by atoms with Crippen molar-refractivity contribution in [2.24, 2.45) is 0 Å². The highest BCUT2D eigenvalue weighted by atomic mass is 79.9. The molecule has 0 saturated carbocycles. The first-order chi connectivity index (χ1) is 15.8. The number of aliphatic hydroxyl groups is 1. The van der Waals surface area contributed by atoms with Gasteiger partial charge < -0.3 is 5.11 Å². The Morgan fingerprint density at radius 3 is 2.33 bits per heavy atom. The van der Waals surface area contributed by atoms with Gasteiger partial charge in [0, 0.05) is 10.0 Å². The van der Waals surface area contributed by atoms with E-state index in [9.17, 15) is 23.5 Å². The van der Waals surface area contributed by atoms with Gasteiger partial charge in [-0.05, 0) is 60.2 Å². The molecule has 1 N–H and O–H groups in total. The summed E-state index contributed by atoms with van der Waals surface area (Å²) in [5.41, 5.74) is 1.10. The fourth-order valence-electron chi connectivity index (χ4n) is 3.74. The lowest BCUT2D eigenvalue weighted by Crippen LogP contribution is -2.29. The Morgan fingerprint density at radius 1 is 0.970 bits per heavy atom. The van der Waals surface area contributed by atoms with Crippen LogP contribution in [-0.4, -0.2) is 21.8 Å². The molecule has 1 fully saturated rings. The number of aliphatic hydroxyl groups excluding tert-OH is 1. The van der Waals surface area contributed by atoms with Crippen LogP contribution in [0, 0.1) is 11.6 Å². The number of thiazole rings is 1. The number of Topliss-reactive ketones (excluding diaryl/α,β-unsaturated/α-hetero) is 1. The molecular weight excluding hydrogens is 514 g/mol. The summed E-state index contributed by atoms with van der Waals surface area (Å²) in [6.07, 6.45) is 0. The summed E-state index contributed by atoms with van der Waals surface area (Å²) in [6, 6.07) is 15.0. The number of hydrogen-bond acceptors (Lipinski definition) is 5. The molecule has 1 saturated heterocycles. The predicted molar refractivity (Wildman–Crippen MR) is 125 cm³/mol. The summed E-state index contributed by atoms with van der Waals surface area (Å²) < 4.78 is 28.4. The van der Waals surface area contributed by atoms with Crippen LogP contribution in [0.2, 0.25) is 0 Å². The zero-order valence-electron chi connectivity index (χ0n) is 16.6. The number of halogens is 3. The van der Waals surface area contributed by atoms with E-state index < -0.39 is 35.1 Å². The summed E-state index contributed by atoms with van der Waals surface area (Å²) in [5.74, 6) is -3.13. The minimum absolute atomic E-state index is 0.139. The van der Waals surface area contributed by atoms with Crippen molar-refractivity contribution < 1.29 is 23.5 Å². The molecule has 9 heteroatoms. The van der Waals surface area contributed by atoms with Crippen LogP contribution in [0.3, 0.4) is 0 Å². The summed E-state index contributed by atoms with van der Waals surface area (Å²) in [7, 11) is 0. The number of carbonyl (C=O) groups excluding carboxylic acids is 2. The van der Waals surface area contributed by atoms with E-state index in [1.54, 1.807) is 24.3 Å². The molecule has 1 aromatic heterocycles. The zero-order valence-corrected chi connectivity index (χ0v) is 19.0.